The van der Waals surface area contributed by atoms with Crippen molar-refractivity contribution in [3.63, 3.8) is 0 Å². The van der Waals surface area contributed by atoms with Gasteiger partial charge in [0.15, 0.2) is 17.2 Å². The summed E-state index contributed by atoms with van der Waals surface area (Å²) in [4.78, 5) is 27.8. The number of ether oxygens (including phenoxy) is 1. The molecule has 0 bridgehead atoms. The number of H-pyrrole nitrogens is 2. The van der Waals surface area contributed by atoms with Gasteiger partial charge in [-0.05, 0) is 61.8 Å². The number of halogens is 1. The third kappa shape index (κ3) is 4.57. The maximum absolute atomic E-state index is 14.7. The summed E-state index contributed by atoms with van der Waals surface area (Å²) >= 11 is 0. The lowest BCUT2D eigenvalue weighted by Crippen LogP contribution is -2.25. The highest BCUT2D eigenvalue weighted by Gasteiger charge is 2.18. The Kier molecular flexibility index (Phi) is 5.89. The van der Waals surface area contributed by atoms with E-state index >= 15 is 0 Å². The van der Waals surface area contributed by atoms with Crippen molar-refractivity contribution in [1.82, 2.24) is 45.0 Å². The topological polar surface area (TPSA) is 121 Å². The first kappa shape index (κ1) is 23.4. The van der Waals surface area contributed by atoms with Crippen molar-refractivity contribution in [3.05, 3.63) is 67.1 Å². The van der Waals surface area contributed by atoms with Crippen LogP contribution in [0.15, 0.2) is 61.3 Å². The second kappa shape index (κ2) is 9.84. The number of nitrogens with zero attached hydrogens (tertiary/aromatic N) is 7. The minimum absolute atomic E-state index is 0.367. The van der Waals surface area contributed by atoms with Gasteiger partial charge in [0.2, 0.25) is 0 Å². The molecule has 0 unspecified atom stereocenters. The minimum atomic E-state index is -0.367. The summed E-state index contributed by atoms with van der Waals surface area (Å²) in [6.45, 7) is 3.54. The van der Waals surface area contributed by atoms with E-state index in [0.29, 0.717) is 46.1 Å². The Balaban J connectivity index is 1.23. The van der Waals surface area contributed by atoms with Crippen LogP contribution in [0.2, 0.25) is 0 Å². The van der Waals surface area contributed by atoms with Gasteiger partial charge in [-0.2, -0.15) is 5.10 Å². The van der Waals surface area contributed by atoms with Crippen LogP contribution in [0.5, 0.6) is 5.75 Å². The molecule has 1 saturated heterocycles. The molecule has 0 spiro atoms. The second-order valence-electron chi connectivity index (χ2n) is 9.51. The lowest BCUT2D eigenvalue weighted by molar-refractivity contribution is 0.237. The molecule has 194 valence electrons. The maximum Gasteiger partial charge on any atom is 0.178 e. The van der Waals surface area contributed by atoms with E-state index in [1.54, 1.807) is 18.6 Å². The zero-order valence-electron chi connectivity index (χ0n) is 20.9. The number of hydrogen-bond acceptors (Lipinski definition) is 8. The number of likely N-dealkylation sites (tertiary alicyclic amines) is 1. The second-order valence-corrected chi connectivity index (χ2v) is 9.51. The van der Waals surface area contributed by atoms with Crippen LogP contribution >= 0.6 is 0 Å². The molecule has 6 aromatic rings. The summed E-state index contributed by atoms with van der Waals surface area (Å²) in [6.07, 6.45) is 9.01. The lowest BCUT2D eigenvalue weighted by Gasteiger charge is -2.15. The van der Waals surface area contributed by atoms with Gasteiger partial charge in [0.05, 0.1) is 16.7 Å². The van der Waals surface area contributed by atoms with Gasteiger partial charge in [-0.3, -0.25) is 10.00 Å². The summed E-state index contributed by atoms with van der Waals surface area (Å²) in [5, 5.41) is 7.49. The largest absolute Gasteiger partial charge is 0.492 e. The fraction of sp³-hybridized carbons (Fsp3) is 0.214. The molecule has 1 aliphatic rings. The number of imidazole rings is 1. The van der Waals surface area contributed by atoms with E-state index in [2.05, 4.69) is 40.0 Å². The smallest absolute Gasteiger partial charge is 0.178 e. The first-order valence-electron chi connectivity index (χ1n) is 12.8. The van der Waals surface area contributed by atoms with Gasteiger partial charge in [0, 0.05) is 42.3 Å². The number of hydrogen-bond donors (Lipinski definition) is 2. The zero-order chi connectivity index (χ0) is 26.2. The zero-order valence-corrected chi connectivity index (χ0v) is 20.9. The Morgan fingerprint density at radius 3 is 2.72 bits per heavy atom. The molecule has 10 nitrogen and oxygen atoms in total. The highest BCUT2D eigenvalue weighted by atomic mass is 19.1. The third-order valence-corrected chi connectivity index (χ3v) is 6.94. The fourth-order valence-corrected chi connectivity index (χ4v) is 5.02. The average Bonchev–Trinajstić information content (AvgIpc) is 3.72. The standard InChI is InChI=1S/C28H24FN9O/c29-19-11-17(12-20(13-19)39-10-9-38-7-1-2-8-38)21-5-6-32-27-24(21)34-28(35-27)26-25-23(36-37-26)4-3-22(33-25)18-14-30-16-31-15-18/h3-6,11-16H,1-2,7-10H2,(H,36,37)(H,32,34,35). The molecule has 11 heteroatoms. The SMILES string of the molecule is Fc1cc(OCCN2CCCC2)cc(-c2ccnc3nc(-c4n[nH]c5ccc(-c6cncnc6)nc45)[nH]c23)c1. The first-order valence-corrected chi connectivity index (χ1v) is 12.8. The van der Waals surface area contributed by atoms with Crippen molar-refractivity contribution in [2.24, 2.45) is 0 Å². The van der Waals surface area contributed by atoms with Crippen LogP contribution in [0.3, 0.4) is 0 Å². The molecule has 2 N–H and O–H groups in total. The molecule has 0 radical (unpaired) electrons. The predicted molar refractivity (Wildman–Crippen MR) is 144 cm³/mol. The van der Waals surface area contributed by atoms with Crippen LogP contribution in [0.4, 0.5) is 4.39 Å². The molecule has 0 saturated carbocycles. The molecule has 0 amide bonds. The minimum Gasteiger partial charge on any atom is -0.492 e. The van der Waals surface area contributed by atoms with Crippen molar-refractivity contribution in [2.75, 3.05) is 26.2 Å². The highest BCUT2D eigenvalue weighted by Crippen LogP contribution is 2.33. The molecule has 0 atom stereocenters. The molecule has 7 rings (SSSR count). The van der Waals surface area contributed by atoms with Crippen molar-refractivity contribution in [3.8, 4) is 39.7 Å². The van der Waals surface area contributed by atoms with E-state index in [1.807, 2.05) is 24.3 Å². The van der Waals surface area contributed by atoms with Crippen molar-refractivity contribution < 1.29 is 9.13 Å². The van der Waals surface area contributed by atoms with E-state index in [9.17, 15) is 4.39 Å². The number of aromatic amines is 2. The van der Waals surface area contributed by atoms with Crippen molar-refractivity contribution >= 4 is 22.2 Å². The summed E-state index contributed by atoms with van der Waals surface area (Å²) in [7, 11) is 0. The molecule has 0 aliphatic carbocycles. The number of rotatable bonds is 7. The van der Waals surface area contributed by atoms with E-state index in [-0.39, 0.29) is 5.82 Å². The van der Waals surface area contributed by atoms with Crippen LogP contribution in [0.1, 0.15) is 12.8 Å². The number of nitrogens with one attached hydrogen (secondary N) is 2. The van der Waals surface area contributed by atoms with Crippen LogP contribution in [0, 0.1) is 5.82 Å². The average molecular weight is 522 g/mol. The quantitative estimate of drug-likeness (QED) is 0.312. The lowest BCUT2D eigenvalue weighted by atomic mass is 10.1. The Morgan fingerprint density at radius 1 is 0.974 bits per heavy atom. The van der Waals surface area contributed by atoms with Gasteiger partial charge >= 0.3 is 0 Å². The highest BCUT2D eigenvalue weighted by molar-refractivity contribution is 5.95. The molecule has 39 heavy (non-hydrogen) atoms. The number of benzene rings is 1. The Bertz CT molecular complexity index is 1780. The molecule has 1 aromatic carbocycles. The van der Waals surface area contributed by atoms with E-state index in [4.69, 9.17) is 9.72 Å². The van der Waals surface area contributed by atoms with Gasteiger partial charge in [0.1, 0.15) is 30.0 Å². The van der Waals surface area contributed by atoms with Gasteiger partial charge in [0.25, 0.3) is 0 Å². The van der Waals surface area contributed by atoms with Gasteiger partial charge in [-0.1, -0.05) is 0 Å². The fourth-order valence-electron chi connectivity index (χ4n) is 5.02. The van der Waals surface area contributed by atoms with E-state index in [1.165, 1.54) is 31.3 Å². The van der Waals surface area contributed by atoms with Crippen LogP contribution in [-0.4, -0.2) is 71.2 Å². The van der Waals surface area contributed by atoms with Crippen molar-refractivity contribution in [2.45, 2.75) is 12.8 Å². The van der Waals surface area contributed by atoms with Crippen LogP contribution < -0.4 is 4.74 Å². The van der Waals surface area contributed by atoms with Crippen LogP contribution in [-0.2, 0) is 0 Å². The van der Waals surface area contributed by atoms with Gasteiger partial charge in [-0.15, -0.1) is 0 Å². The maximum atomic E-state index is 14.7. The first-order chi connectivity index (χ1) is 19.2. The molecular weight excluding hydrogens is 497 g/mol. The monoisotopic (exact) mass is 521 g/mol. The normalized spacial score (nSPS) is 14.0. The Hall–Kier alpha value is -4.77. The van der Waals surface area contributed by atoms with Crippen molar-refractivity contribution in [1.29, 1.82) is 0 Å². The molecular formula is C28H24FN9O. The summed E-state index contributed by atoms with van der Waals surface area (Å²) in [5.41, 5.74) is 6.08. The summed E-state index contributed by atoms with van der Waals surface area (Å²) < 4.78 is 20.6. The summed E-state index contributed by atoms with van der Waals surface area (Å²) in [5.74, 6) is 0.630. The van der Waals surface area contributed by atoms with E-state index < -0.39 is 0 Å². The number of aromatic nitrogens is 8. The summed E-state index contributed by atoms with van der Waals surface area (Å²) in [6, 6.07) is 10.4. The van der Waals surface area contributed by atoms with E-state index in [0.717, 1.165) is 42.0 Å². The predicted octanol–water partition coefficient (Wildman–Crippen LogP) is 4.63. The van der Waals surface area contributed by atoms with Crippen LogP contribution in [0.25, 0.3) is 56.1 Å². The molecule has 6 heterocycles. The third-order valence-electron chi connectivity index (χ3n) is 6.94. The molecule has 5 aromatic heterocycles. The number of fused-ring (bicyclic) bond motifs is 2. The number of pyridine rings is 2. The molecule has 1 aliphatic heterocycles. The van der Waals surface area contributed by atoms with Gasteiger partial charge < -0.3 is 9.72 Å². The Morgan fingerprint density at radius 2 is 1.85 bits per heavy atom. The molecule has 1 fully saturated rings. The Labute approximate surface area is 222 Å². The van der Waals surface area contributed by atoms with Gasteiger partial charge in [-0.25, -0.2) is 29.3 Å².